The second-order valence-electron chi connectivity index (χ2n) is 6.55. The zero-order valence-corrected chi connectivity index (χ0v) is 17.2. The van der Waals surface area contributed by atoms with E-state index in [0.29, 0.717) is 22.9 Å². The first-order chi connectivity index (χ1) is 13.2. The Morgan fingerprint density at radius 2 is 1.82 bits per heavy atom. The molecule has 2 aromatic rings. The number of ether oxygens (including phenoxy) is 1. The molecular weight excluding hydrogens is 378 g/mol. The van der Waals surface area contributed by atoms with Gasteiger partial charge in [-0.15, -0.1) is 0 Å². The molecular formula is C20H25N3O4S. The molecule has 8 heteroatoms. The van der Waals surface area contributed by atoms with Crippen LogP contribution in [0.25, 0.3) is 0 Å². The van der Waals surface area contributed by atoms with Crippen molar-refractivity contribution >= 4 is 27.8 Å². The van der Waals surface area contributed by atoms with Gasteiger partial charge in [0.05, 0.1) is 25.3 Å². The van der Waals surface area contributed by atoms with Crippen LogP contribution in [0, 0.1) is 0 Å². The molecule has 2 rings (SSSR count). The first-order valence-electron chi connectivity index (χ1n) is 8.75. The monoisotopic (exact) mass is 403 g/mol. The SMILES string of the molecule is COc1ccccc1/C=N\NC(=O)CN(c1ccc(C(C)C)cc1)S(C)(=O)=O. The molecule has 0 unspecified atom stereocenters. The van der Waals surface area contributed by atoms with Gasteiger partial charge in [-0.2, -0.15) is 5.10 Å². The van der Waals surface area contributed by atoms with E-state index in [1.54, 1.807) is 31.4 Å². The van der Waals surface area contributed by atoms with Gasteiger partial charge in [-0.1, -0.05) is 38.1 Å². The lowest BCUT2D eigenvalue weighted by atomic mass is 10.0. The predicted molar refractivity (Wildman–Crippen MR) is 111 cm³/mol. The Labute approximate surface area is 166 Å². The summed E-state index contributed by atoms with van der Waals surface area (Å²) < 4.78 is 30.6. The van der Waals surface area contributed by atoms with Gasteiger partial charge in [-0.3, -0.25) is 9.10 Å². The summed E-state index contributed by atoms with van der Waals surface area (Å²) in [6.45, 7) is 3.73. The van der Waals surface area contributed by atoms with Crippen LogP contribution in [-0.4, -0.2) is 40.4 Å². The van der Waals surface area contributed by atoms with Gasteiger partial charge in [0.1, 0.15) is 12.3 Å². The Hall–Kier alpha value is -2.87. The van der Waals surface area contributed by atoms with Crippen molar-refractivity contribution < 1.29 is 17.9 Å². The normalized spacial score (nSPS) is 11.6. The molecule has 0 aromatic heterocycles. The van der Waals surface area contributed by atoms with Crippen LogP contribution in [-0.2, 0) is 14.8 Å². The first kappa shape index (κ1) is 21.4. The maximum atomic E-state index is 12.2. The number of carbonyl (C=O) groups excluding carboxylic acids is 1. The summed E-state index contributed by atoms with van der Waals surface area (Å²) in [6, 6.07) is 14.3. The molecule has 150 valence electrons. The quantitative estimate of drug-likeness (QED) is 0.542. The average Bonchev–Trinajstić information content (AvgIpc) is 2.65. The predicted octanol–water partition coefficient (Wildman–Crippen LogP) is 2.73. The molecule has 0 aliphatic carbocycles. The van der Waals surface area contributed by atoms with E-state index in [1.807, 2.05) is 24.3 Å². The van der Waals surface area contributed by atoms with E-state index in [9.17, 15) is 13.2 Å². The summed E-state index contributed by atoms with van der Waals surface area (Å²) in [7, 11) is -2.09. The summed E-state index contributed by atoms with van der Waals surface area (Å²) in [6.07, 6.45) is 2.51. The van der Waals surface area contributed by atoms with Crippen LogP contribution in [0.2, 0.25) is 0 Å². The van der Waals surface area contributed by atoms with Gasteiger partial charge in [-0.25, -0.2) is 13.8 Å². The lowest BCUT2D eigenvalue weighted by Crippen LogP contribution is -2.39. The van der Waals surface area contributed by atoms with E-state index >= 15 is 0 Å². The fourth-order valence-electron chi connectivity index (χ4n) is 2.54. The second kappa shape index (κ2) is 9.36. The van der Waals surface area contributed by atoms with Crippen LogP contribution in [0.3, 0.4) is 0 Å². The summed E-state index contributed by atoms with van der Waals surface area (Å²) in [5.74, 6) is 0.390. The molecule has 0 saturated carbocycles. The third-order valence-corrected chi connectivity index (χ3v) is 5.21. The van der Waals surface area contributed by atoms with E-state index in [-0.39, 0.29) is 6.54 Å². The lowest BCUT2D eigenvalue weighted by molar-refractivity contribution is -0.119. The summed E-state index contributed by atoms with van der Waals surface area (Å²) in [4.78, 5) is 12.2. The summed E-state index contributed by atoms with van der Waals surface area (Å²) >= 11 is 0. The van der Waals surface area contributed by atoms with Crippen molar-refractivity contribution in [3.05, 3.63) is 59.7 Å². The molecule has 1 amide bonds. The molecule has 0 atom stereocenters. The number of benzene rings is 2. The minimum absolute atomic E-state index is 0.327. The van der Waals surface area contributed by atoms with Crippen LogP contribution in [0.4, 0.5) is 5.69 Å². The molecule has 0 heterocycles. The van der Waals surface area contributed by atoms with Gasteiger partial charge in [0.25, 0.3) is 5.91 Å². The molecule has 0 aliphatic heterocycles. The van der Waals surface area contributed by atoms with E-state index in [2.05, 4.69) is 24.4 Å². The smallest absolute Gasteiger partial charge is 0.260 e. The molecule has 0 aliphatic rings. The van der Waals surface area contributed by atoms with Gasteiger partial charge < -0.3 is 4.74 Å². The Morgan fingerprint density at radius 1 is 1.18 bits per heavy atom. The molecule has 28 heavy (non-hydrogen) atoms. The minimum atomic E-state index is -3.63. The third kappa shape index (κ3) is 5.82. The number of nitrogens with zero attached hydrogens (tertiary/aromatic N) is 2. The molecule has 2 aromatic carbocycles. The van der Waals surface area contributed by atoms with Crippen LogP contribution < -0.4 is 14.5 Å². The van der Waals surface area contributed by atoms with Crippen LogP contribution in [0.5, 0.6) is 5.75 Å². The Morgan fingerprint density at radius 3 is 2.39 bits per heavy atom. The Kier molecular flexibility index (Phi) is 7.17. The van der Waals surface area contributed by atoms with E-state index in [1.165, 1.54) is 6.21 Å². The Bertz CT molecular complexity index is 938. The van der Waals surface area contributed by atoms with Crippen molar-refractivity contribution in [2.24, 2.45) is 5.10 Å². The summed E-state index contributed by atoms with van der Waals surface area (Å²) in [5.41, 5.74) is 4.56. The van der Waals surface area contributed by atoms with Crippen LogP contribution in [0.15, 0.2) is 53.6 Å². The van der Waals surface area contributed by atoms with Gasteiger partial charge >= 0.3 is 0 Å². The van der Waals surface area contributed by atoms with Crippen LogP contribution >= 0.6 is 0 Å². The molecule has 0 fully saturated rings. The highest BCUT2D eigenvalue weighted by Gasteiger charge is 2.20. The van der Waals surface area contributed by atoms with Crippen molar-refractivity contribution in [3.63, 3.8) is 0 Å². The Balaban J connectivity index is 2.10. The van der Waals surface area contributed by atoms with E-state index in [4.69, 9.17) is 4.74 Å². The number of hydrazone groups is 1. The van der Waals surface area contributed by atoms with E-state index < -0.39 is 15.9 Å². The van der Waals surface area contributed by atoms with Crippen molar-refractivity contribution in [2.45, 2.75) is 19.8 Å². The largest absolute Gasteiger partial charge is 0.496 e. The maximum absolute atomic E-state index is 12.2. The van der Waals surface area contributed by atoms with Crippen molar-refractivity contribution in [1.29, 1.82) is 0 Å². The number of carbonyl (C=O) groups is 1. The zero-order valence-electron chi connectivity index (χ0n) is 16.4. The van der Waals surface area contributed by atoms with Gasteiger partial charge in [0.15, 0.2) is 0 Å². The number of nitrogens with one attached hydrogen (secondary N) is 1. The van der Waals surface area contributed by atoms with Gasteiger partial charge in [-0.05, 0) is 35.7 Å². The number of rotatable bonds is 8. The number of methoxy groups -OCH3 is 1. The molecule has 0 spiro atoms. The number of hydrogen-bond acceptors (Lipinski definition) is 5. The molecule has 0 saturated heterocycles. The fraction of sp³-hybridized carbons (Fsp3) is 0.300. The molecule has 7 nitrogen and oxygen atoms in total. The highest BCUT2D eigenvalue weighted by molar-refractivity contribution is 7.92. The highest BCUT2D eigenvalue weighted by Crippen LogP contribution is 2.21. The number of sulfonamides is 1. The highest BCUT2D eigenvalue weighted by atomic mass is 32.2. The number of hydrogen-bond donors (Lipinski definition) is 1. The van der Waals surface area contributed by atoms with Crippen molar-refractivity contribution in [2.75, 3.05) is 24.2 Å². The first-order valence-corrected chi connectivity index (χ1v) is 10.6. The molecule has 0 bridgehead atoms. The van der Waals surface area contributed by atoms with Crippen molar-refractivity contribution in [1.82, 2.24) is 5.43 Å². The van der Waals surface area contributed by atoms with Crippen LogP contribution in [0.1, 0.15) is 30.9 Å². The minimum Gasteiger partial charge on any atom is -0.496 e. The number of anilines is 1. The molecule has 1 N–H and O–H groups in total. The van der Waals surface area contributed by atoms with E-state index in [0.717, 1.165) is 16.1 Å². The number of para-hydroxylation sites is 1. The fourth-order valence-corrected chi connectivity index (χ4v) is 3.39. The van der Waals surface area contributed by atoms with Gasteiger partial charge in [0.2, 0.25) is 10.0 Å². The number of amides is 1. The third-order valence-electron chi connectivity index (χ3n) is 4.07. The standard InChI is InChI=1S/C20H25N3O4S/c1-15(2)16-9-11-18(12-10-16)23(28(4,25)26)14-20(24)22-21-13-17-7-5-6-8-19(17)27-3/h5-13,15H,14H2,1-4H3,(H,22,24)/b21-13-. The maximum Gasteiger partial charge on any atom is 0.260 e. The molecule has 0 radical (unpaired) electrons. The summed E-state index contributed by atoms with van der Waals surface area (Å²) in [5, 5.41) is 3.89. The lowest BCUT2D eigenvalue weighted by Gasteiger charge is -2.21. The van der Waals surface area contributed by atoms with Gasteiger partial charge in [0, 0.05) is 5.56 Å². The van der Waals surface area contributed by atoms with Crippen molar-refractivity contribution in [3.8, 4) is 5.75 Å². The topological polar surface area (TPSA) is 88.1 Å². The second-order valence-corrected chi connectivity index (χ2v) is 8.46. The average molecular weight is 404 g/mol. The zero-order chi connectivity index (χ0) is 20.7.